The van der Waals surface area contributed by atoms with Gasteiger partial charge in [0.1, 0.15) is 12.3 Å². The van der Waals surface area contributed by atoms with E-state index in [0.717, 1.165) is 30.6 Å². The van der Waals surface area contributed by atoms with Crippen LogP contribution in [-0.4, -0.2) is 48.0 Å². The van der Waals surface area contributed by atoms with Gasteiger partial charge < -0.3 is 15.4 Å². The predicted molar refractivity (Wildman–Crippen MR) is 97.4 cm³/mol. The predicted octanol–water partition coefficient (Wildman–Crippen LogP) is 0.985. The second kappa shape index (κ2) is 7.14. The highest BCUT2D eigenvalue weighted by Crippen LogP contribution is 2.40. The van der Waals surface area contributed by atoms with Gasteiger partial charge in [-0.2, -0.15) is 0 Å². The van der Waals surface area contributed by atoms with Crippen LogP contribution < -0.4 is 20.7 Å². The van der Waals surface area contributed by atoms with E-state index in [1.807, 2.05) is 0 Å². The Labute approximate surface area is 161 Å². The minimum absolute atomic E-state index is 0.0616. The first-order chi connectivity index (χ1) is 13.5. The number of nitrogens with zero attached hydrogens (tertiary/aromatic N) is 1. The summed E-state index contributed by atoms with van der Waals surface area (Å²) in [5.74, 6) is -0.694. The Kier molecular flexibility index (Phi) is 4.66. The molecule has 2 fully saturated rings. The van der Waals surface area contributed by atoms with Crippen LogP contribution in [0.1, 0.15) is 37.7 Å². The van der Waals surface area contributed by atoms with Gasteiger partial charge in [0.2, 0.25) is 5.91 Å². The molecule has 0 unspecified atom stereocenters. The van der Waals surface area contributed by atoms with E-state index >= 15 is 0 Å². The van der Waals surface area contributed by atoms with Crippen molar-refractivity contribution in [3.8, 4) is 5.75 Å². The van der Waals surface area contributed by atoms with Crippen LogP contribution in [0.5, 0.6) is 5.75 Å². The van der Waals surface area contributed by atoms with Gasteiger partial charge in [0.05, 0.1) is 6.61 Å². The van der Waals surface area contributed by atoms with Gasteiger partial charge in [-0.05, 0) is 18.9 Å². The van der Waals surface area contributed by atoms with E-state index in [2.05, 4.69) is 16.0 Å². The third kappa shape index (κ3) is 3.17. The summed E-state index contributed by atoms with van der Waals surface area (Å²) in [6, 6.07) is 5.81. The average molecular weight is 386 g/mol. The fourth-order valence-corrected chi connectivity index (χ4v) is 4.12. The summed E-state index contributed by atoms with van der Waals surface area (Å²) in [6.45, 7) is -0.250. The number of nitrogens with one attached hydrogen (secondary N) is 3. The van der Waals surface area contributed by atoms with Crippen LogP contribution in [0.25, 0.3) is 0 Å². The van der Waals surface area contributed by atoms with Gasteiger partial charge >= 0.3 is 12.1 Å². The van der Waals surface area contributed by atoms with Crippen LogP contribution in [-0.2, 0) is 15.1 Å². The number of fused-ring (bicyclic) bond motifs is 2. The third-order valence-corrected chi connectivity index (χ3v) is 5.50. The summed E-state index contributed by atoms with van der Waals surface area (Å²) in [5.41, 5.74) is -0.667. The van der Waals surface area contributed by atoms with Crippen molar-refractivity contribution in [1.29, 1.82) is 0 Å². The fraction of sp³-hybridized carbons (Fsp3) is 0.474. The molecule has 28 heavy (non-hydrogen) atoms. The maximum absolute atomic E-state index is 13.1. The largest absolute Gasteiger partial charge is 0.493 e. The fourth-order valence-electron chi connectivity index (χ4n) is 4.12. The maximum atomic E-state index is 13.1. The molecule has 1 atom stereocenters. The van der Waals surface area contributed by atoms with Gasteiger partial charge in [-0.3, -0.25) is 19.8 Å². The Morgan fingerprint density at radius 3 is 2.75 bits per heavy atom. The highest BCUT2D eigenvalue weighted by molar-refractivity contribution is 6.10. The number of hydrogen-bond donors (Lipinski definition) is 3. The third-order valence-electron chi connectivity index (χ3n) is 5.50. The number of carbonyl (C=O) groups is 4. The molecule has 1 saturated heterocycles. The summed E-state index contributed by atoms with van der Waals surface area (Å²) in [4.78, 5) is 50.5. The number of carbonyl (C=O) groups excluding carboxylic acids is 4. The van der Waals surface area contributed by atoms with Crippen LogP contribution in [0.2, 0.25) is 0 Å². The zero-order chi connectivity index (χ0) is 19.7. The molecule has 0 bridgehead atoms. The van der Waals surface area contributed by atoms with Crippen molar-refractivity contribution < 1.29 is 23.9 Å². The second-order valence-corrected chi connectivity index (χ2v) is 7.32. The minimum Gasteiger partial charge on any atom is -0.493 e. The van der Waals surface area contributed by atoms with Crippen LogP contribution in [0.4, 0.5) is 9.59 Å². The number of para-hydroxylation sites is 1. The quantitative estimate of drug-likeness (QED) is 0.670. The minimum atomic E-state index is -1.24. The number of imide groups is 2. The van der Waals surface area contributed by atoms with E-state index < -0.39 is 36.0 Å². The lowest BCUT2D eigenvalue weighted by atomic mass is 9.84. The molecule has 6 amide bonds. The molecule has 2 heterocycles. The summed E-state index contributed by atoms with van der Waals surface area (Å²) in [6.07, 6.45) is 4.15. The van der Waals surface area contributed by atoms with Gasteiger partial charge in [-0.25, -0.2) is 9.59 Å². The lowest BCUT2D eigenvalue weighted by Gasteiger charge is -2.33. The van der Waals surface area contributed by atoms with Gasteiger partial charge in [-0.1, -0.05) is 31.0 Å². The lowest BCUT2D eigenvalue weighted by molar-refractivity contribution is -0.135. The second-order valence-electron chi connectivity index (χ2n) is 7.32. The number of urea groups is 2. The summed E-state index contributed by atoms with van der Waals surface area (Å²) >= 11 is 0. The number of hydrogen-bond acceptors (Lipinski definition) is 5. The molecular weight excluding hydrogens is 364 g/mol. The van der Waals surface area contributed by atoms with Crippen molar-refractivity contribution in [2.45, 2.75) is 43.7 Å². The Hall–Kier alpha value is -3.10. The molecule has 9 nitrogen and oxygen atoms in total. The Bertz CT molecular complexity index is 835. The normalized spacial score (nSPS) is 23.9. The molecule has 0 radical (unpaired) electrons. The molecule has 1 spiro atoms. The molecule has 1 aromatic carbocycles. The van der Waals surface area contributed by atoms with Crippen LogP contribution >= 0.6 is 0 Å². The van der Waals surface area contributed by atoms with Crippen LogP contribution in [0.15, 0.2) is 24.3 Å². The van der Waals surface area contributed by atoms with Crippen molar-refractivity contribution in [2.24, 2.45) is 0 Å². The molecule has 0 aromatic heterocycles. The van der Waals surface area contributed by atoms with E-state index in [1.165, 1.54) is 0 Å². The summed E-state index contributed by atoms with van der Waals surface area (Å²) in [7, 11) is 0. The van der Waals surface area contributed by atoms with Crippen molar-refractivity contribution in [3.63, 3.8) is 0 Å². The van der Waals surface area contributed by atoms with Crippen LogP contribution in [0, 0.1) is 0 Å². The van der Waals surface area contributed by atoms with Gasteiger partial charge in [-0.15, -0.1) is 0 Å². The molecule has 3 N–H and O–H groups in total. The molecule has 4 rings (SSSR count). The molecule has 2 aliphatic heterocycles. The highest BCUT2D eigenvalue weighted by atomic mass is 16.5. The molecule has 9 heteroatoms. The topological polar surface area (TPSA) is 117 Å². The number of amides is 6. The number of ether oxygens (including phenoxy) is 1. The van der Waals surface area contributed by atoms with Gasteiger partial charge in [0.15, 0.2) is 5.54 Å². The van der Waals surface area contributed by atoms with E-state index in [9.17, 15) is 19.2 Å². The van der Waals surface area contributed by atoms with Gasteiger partial charge in [0.25, 0.3) is 5.91 Å². The smallest absolute Gasteiger partial charge is 0.325 e. The number of rotatable bonds is 3. The SMILES string of the molecule is O=C(CN1C(=O)N[C@]2(CCOc3ccccc32)C1=O)NC(=O)NC1CCCC1. The zero-order valence-corrected chi connectivity index (χ0v) is 15.3. The average Bonchev–Trinajstić information content (AvgIpc) is 3.25. The van der Waals surface area contributed by atoms with E-state index in [-0.39, 0.29) is 19.1 Å². The molecule has 3 aliphatic rings. The molecular formula is C19H22N4O5. The van der Waals surface area contributed by atoms with Crippen molar-refractivity contribution in [1.82, 2.24) is 20.9 Å². The van der Waals surface area contributed by atoms with Crippen molar-refractivity contribution in [2.75, 3.05) is 13.2 Å². The van der Waals surface area contributed by atoms with Crippen LogP contribution in [0.3, 0.4) is 0 Å². The number of benzene rings is 1. The standard InChI is InChI=1S/C19H22N4O5/c24-15(21-17(26)20-12-5-1-2-6-12)11-23-16(25)19(22-18(23)27)9-10-28-14-8-4-3-7-13(14)19/h3-4,7-8,12H,1-2,5-6,9-11H2,(H,22,27)(H2,20,21,24,26)/t19-/m0/s1. The molecule has 1 aromatic rings. The Balaban J connectivity index is 1.43. The van der Waals surface area contributed by atoms with Gasteiger partial charge in [0, 0.05) is 18.0 Å². The first kappa shape index (κ1) is 18.3. The molecule has 1 aliphatic carbocycles. The first-order valence-corrected chi connectivity index (χ1v) is 9.46. The summed E-state index contributed by atoms with van der Waals surface area (Å²) < 4.78 is 5.57. The monoisotopic (exact) mass is 386 g/mol. The Morgan fingerprint density at radius 2 is 1.96 bits per heavy atom. The lowest BCUT2D eigenvalue weighted by Crippen LogP contribution is -2.49. The van der Waals surface area contributed by atoms with Crippen molar-refractivity contribution >= 4 is 23.9 Å². The Morgan fingerprint density at radius 1 is 1.21 bits per heavy atom. The molecule has 1 saturated carbocycles. The highest BCUT2D eigenvalue weighted by Gasteiger charge is 2.55. The van der Waals surface area contributed by atoms with E-state index in [0.29, 0.717) is 11.3 Å². The zero-order valence-electron chi connectivity index (χ0n) is 15.3. The molecule has 148 valence electrons. The first-order valence-electron chi connectivity index (χ1n) is 9.46. The van der Waals surface area contributed by atoms with E-state index in [1.54, 1.807) is 24.3 Å². The van der Waals surface area contributed by atoms with E-state index in [4.69, 9.17) is 4.74 Å². The maximum Gasteiger partial charge on any atom is 0.325 e. The van der Waals surface area contributed by atoms with Crippen molar-refractivity contribution in [3.05, 3.63) is 29.8 Å². The summed E-state index contributed by atoms with van der Waals surface area (Å²) in [5, 5.41) is 7.65.